The molecule has 0 unspecified atom stereocenters. The van der Waals surface area contributed by atoms with E-state index < -0.39 is 14.9 Å². The van der Waals surface area contributed by atoms with Crippen LogP contribution in [0.3, 0.4) is 0 Å². The SMILES string of the molecule is CC(C)c1nnc(CNc2ccc(S(N)(=O)=O)cc2[N+](=O)[O-])n1C. The Balaban J connectivity index is 2.28. The fraction of sp³-hybridized carbons (Fsp3) is 0.385. The zero-order valence-corrected chi connectivity index (χ0v) is 14.2. The Hall–Kier alpha value is -2.53. The molecule has 0 aliphatic heterocycles. The van der Waals surface area contributed by atoms with Gasteiger partial charge in [0, 0.05) is 19.0 Å². The van der Waals surface area contributed by atoms with E-state index in [1.54, 1.807) is 0 Å². The first-order chi connectivity index (χ1) is 11.1. The van der Waals surface area contributed by atoms with Gasteiger partial charge in [-0.25, -0.2) is 13.6 Å². The fourth-order valence-corrected chi connectivity index (χ4v) is 2.73. The molecule has 130 valence electrons. The number of sulfonamides is 1. The van der Waals surface area contributed by atoms with Gasteiger partial charge in [-0.05, 0) is 12.1 Å². The summed E-state index contributed by atoms with van der Waals surface area (Å²) >= 11 is 0. The second-order valence-corrected chi connectivity index (χ2v) is 7.08. The summed E-state index contributed by atoms with van der Waals surface area (Å²) in [6.07, 6.45) is 0. The molecule has 0 fully saturated rings. The van der Waals surface area contributed by atoms with E-state index in [-0.39, 0.29) is 28.7 Å². The molecule has 0 spiro atoms. The molecule has 1 aromatic carbocycles. The van der Waals surface area contributed by atoms with Crippen molar-refractivity contribution in [3.8, 4) is 0 Å². The fourth-order valence-electron chi connectivity index (χ4n) is 2.20. The van der Waals surface area contributed by atoms with Gasteiger partial charge in [-0.15, -0.1) is 10.2 Å². The predicted molar refractivity (Wildman–Crippen MR) is 86.9 cm³/mol. The molecule has 0 aliphatic rings. The molecular weight excluding hydrogens is 336 g/mol. The number of hydrogen-bond donors (Lipinski definition) is 2. The Morgan fingerprint density at radius 1 is 1.38 bits per heavy atom. The normalized spacial score (nSPS) is 11.7. The van der Waals surface area contributed by atoms with Crippen molar-refractivity contribution in [1.82, 2.24) is 14.8 Å². The number of hydrogen-bond acceptors (Lipinski definition) is 7. The van der Waals surface area contributed by atoms with E-state index in [1.165, 1.54) is 12.1 Å². The average Bonchev–Trinajstić information content (AvgIpc) is 2.85. The molecule has 3 N–H and O–H groups in total. The van der Waals surface area contributed by atoms with Gasteiger partial charge in [0.1, 0.15) is 11.5 Å². The second kappa shape index (κ2) is 6.53. The van der Waals surface area contributed by atoms with Crippen LogP contribution in [-0.2, 0) is 23.6 Å². The summed E-state index contributed by atoms with van der Waals surface area (Å²) in [4.78, 5) is 10.2. The van der Waals surface area contributed by atoms with E-state index in [2.05, 4.69) is 15.5 Å². The maximum atomic E-state index is 11.3. The zero-order valence-electron chi connectivity index (χ0n) is 13.4. The quantitative estimate of drug-likeness (QED) is 0.583. The van der Waals surface area contributed by atoms with E-state index >= 15 is 0 Å². The Morgan fingerprint density at radius 2 is 2.04 bits per heavy atom. The van der Waals surface area contributed by atoms with Gasteiger partial charge < -0.3 is 9.88 Å². The number of nitrogens with zero attached hydrogens (tertiary/aromatic N) is 4. The Labute approximate surface area is 138 Å². The number of anilines is 1. The van der Waals surface area contributed by atoms with Crippen LogP contribution in [0.2, 0.25) is 0 Å². The summed E-state index contributed by atoms with van der Waals surface area (Å²) in [6.45, 7) is 4.17. The Morgan fingerprint density at radius 3 is 2.54 bits per heavy atom. The maximum Gasteiger partial charge on any atom is 0.293 e. The molecule has 2 rings (SSSR count). The van der Waals surface area contributed by atoms with Crippen LogP contribution in [0.5, 0.6) is 0 Å². The number of nitrogens with one attached hydrogen (secondary N) is 1. The van der Waals surface area contributed by atoms with Crippen LogP contribution in [0, 0.1) is 10.1 Å². The molecule has 0 aliphatic carbocycles. The number of primary sulfonamides is 1. The standard InChI is InChI=1S/C13H18N6O4S/c1-8(2)13-17-16-12(18(13)3)7-15-10-5-4-9(24(14,22)23)6-11(10)19(20)21/h4-6,8,15H,7H2,1-3H3,(H2,14,22,23). The van der Waals surface area contributed by atoms with Gasteiger partial charge in [-0.2, -0.15) is 0 Å². The third-order valence-electron chi connectivity index (χ3n) is 3.45. The topological polar surface area (TPSA) is 146 Å². The van der Waals surface area contributed by atoms with Crippen LogP contribution >= 0.6 is 0 Å². The summed E-state index contributed by atoms with van der Waals surface area (Å²) in [5, 5.41) is 27.2. The van der Waals surface area contributed by atoms with Crippen molar-refractivity contribution in [2.45, 2.75) is 31.2 Å². The number of benzene rings is 1. The summed E-state index contributed by atoms with van der Waals surface area (Å²) in [5.41, 5.74) is -0.214. The van der Waals surface area contributed by atoms with Crippen molar-refractivity contribution >= 4 is 21.4 Å². The Kier molecular flexibility index (Phi) is 4.85. The summed E-state index contributed by atoms with van der Waals surface area (Å²) in [5.74, 6) is 1.59. The van der Waals surface area contributed by atoms with E-state index in [1.807, 2.05) is 25.5 Å². The minimum atomic E-state index is -4.01. The van der Waals surface area contributed by atoms with Crippen molar-refractivity contribution in [2.24, 2.45) is 12.2 Å². The highest BCUT2D eigenvalue weighted by Crippen LogP contribution is 2.27. The van der Waals surface area contributed by atoms with E-state index in [0.29, 0.717) is 5.82 Å². The zero-order chi connectivity index (χ0) is 18.1. The minimum absolute atomic E-state index is 0.168. The summed E-state index contributed by atoms with van der Waals surface area (Å²) < 4.78 is 24.5. The van der Waals surface area contributed by atoms with Crippen molar-refractivity contribution in [1.29, 1.82) is 0 Å². The molecule has 24 heavy (non-hydrogen) atoms. The molecule has 0 amide bonds. The largest absolute Gasteiger partial charge is 0.372 e. The van der Waals surface area contributed by atoms with Crippen LogP contribution in [-0.4, -0.2) is 28.1 Å². The van der Waals surface area contributed by atoms with Gasteiger partial charge in [0.05, 0.1) is 16.4 Å². The van der Waals surface area contributed by atoms with Gasteiger partial charge in [0.15, 0.2) is 5.82 Å². The molecule has 11 heteroatoms. The second-order valence-electron chi connectivity index (χ2n) is 5.52. The number of aromatic nitrogens is 3. The number of nitro groups is 1. The number of nitro benzene ring substituents is 1. The summed E-state index contributed by atoms with van der Waals surface area (Å²) in [7, 11) is -2.20. The van der Waals surface area contributed by atoms with Crippen LogP contribution in [0.1, 0.15) is 31.4 Å². The predicted octanol–water partition coefficient (Wildman–Crippen LogP) is 1.11. The highest BCUT2D eigenvalue weighted by atomic mass is 32.2. The van der Waals surface area contributed by atoms with Crippen LogP contribution < -0.4 is 10.5 Å². The first kappa shape index (κ1) is 17.8. The van der Waals surface area contributed by atoms with Gasteiger partial charge in [-0.3, -0.25) is 10.1 Å². The van der Waals surface area contributed by atoms with Crippen LogP contribution in [0.25, 0.3) is 0 Å². The molecule has 0 radical (unpaired) electrons. The van der Waals surface area contributed by atoms with Gasteiger partial charge >= 0.3 is 0 Å². The van der Waals surface area contributed by atoms with Crippen LogP contribution in [0.15, 0.2) is 23.1 Å². The highest BCUT2D eigenvalue weighted by Gasteiger charge is 2.19. The molecule has 0 saturated carbocycles. The first-order valence-electron chi connectivity index (χ1n) is 7.04. The lowest BCUT2D eigenvalue weighted by Gasteiger charge is -2.09. The van der Waals surface area contributed by atoms with Crippen molar-refractivity contribution in [3.63, 3.8) is 0 Å². The highest BCUT2D eigenvalue weighted by molar-refractivity contribution is 7.89. The van der Waals surface area contributed by atoms with Crippen molar-refractivity contribution < 1.29 is 13.3 Å². The van der Waals surface area contributed by atoms with E-state index in [9.17, 15) is 18.5 Å². The lowest BCUT2D eigenvalue weighted by atomic mass is 10.2. The van der Waals surface area contributed by atoms with E-state index in [4.69, 9.17) is 5.14 Å². The molecule has 2 aromatic rings. The first-order valence-corrected chi connectivity index (χ1v) is 8.59. The minimum Gasteiger partial charge on any atom is -0.372 e. The number of nitrogens with two attached hydrogens (primary N) is 1. The van der Waals surface area contributed by atoms with Crippen molar-refractivity contribution in [3.05, 3.63) is 40.0 Å². The third-order valence-corrected chi connectivity index (χ3v) is 4.36. The Bertz CT molecular complexity index is 875. The molecule has 1 heterocycles. The van der Waals surface area contributed by atoms with Gasteiger partial charge in [0.2, 0.25) is 10.0 Å². The smallest absolute Gasteiger partial charge is 0.293 e. The van der Waals surface area contributed by atoms with Crippen LogP contribution in [0.4, 0.5) is 11.4 Å². The van der Waals surface area contributed by atoms with Crippen molar-refractivity contribution in [2.75, 3.05) is 5.32 Å². The maximum absolute atomic E-state index is 11.3. The number of rotatable bonds is 6. The third kappa shape index (κ3) is 3.68. The molecule has 0 bridgehead atoms. The molecular formula is C13H18N6O4S. The molecule has 10 nitrogen and oxygen atoms in total. The van der Waals surface area contributed by atoms with E-state index in [0.717, 1.165) is 11.9 Å². The molecule has 0 saturated heterocycles. The average molecular weight is 354 g/mol. The molecule has 0 atom stereocenters. The van der Waals surface area contributed by atoms with Gasteiger partial charge in [-0.1, -0.05) is 13.8 Å². The lowest BCUT2D eigenvalue weighted by Crippen LogP contribution is -2.13. The molecule has 1 aromatic heterocycles. The monoisotopic (exact) mass is 354 g/mol. The van der Waals surface area contributed by atoms with Gasteiger partial charge in [0.25, 0.3) is 5.69 Å². The summed E-state index contributed by atoms with van der Waals surface area (Å²) in [6, 6.07) is 3.44. The lowest BCUT2D eigenvalue weighted by molar-refractivity contribution is -0.384.